The molecule has 26 heavy (non-hydrogen) atoms. The molecule has 1 aromatic carbocycles. The van der Waals surface area contributed by atoms with Crippen molar-refractivity contribution >= 4 is 38.4 Å². The number of nitrogens with one attached hydrogen (secondary N) is 1. The molecular weight excluding hydrogens is 344 g/mol. The molecule has 4 nitrogen and oxygen atoms in total. The zero-order valence-electron chi connectivity index (χ0n) is 14.7. The van der Waals surface area contributed by atoms with Crippen molar-refractivity contribution in [3.63, 3.8) is 0 Å². The van der Waals surface area contributed by atoms with Crippen LogP contribution in [0.3, 0.4) is 0 Å². The van der Waals surface area contributed by atoms with Crippen LogP contribution in [-0.2, 0) is 0 Å². The van der Waals surface area contributed by atoms with Crippen LogP contribution in [0.1, 0.15) is 31.2 Å². The largest absolute Gasteiger partial charge is 0.496 e. The molecule has 1 atom stereocenters. The molecule has 4 rings (SSSR count). The highest BCUT2D eigenvalue weighted by Crippen LogP contribution is 2.34. The second-order valence-corrected chi connectivity index (χ2v) is 7.65. The van der Waals surface area contributed by atoms with Crippen molar-refractivity contribution in [2.24, 2.45) is 5.73 Å². The van der Waals surface area contributed by atoms with E-state index in [4.69, 9.17) is 10.5 Å². The molecular formula is C21H22N2O2S. The average molecular weight is 366 g/mol. The van der Waals surface area contributed by atoms with Crippen molar-refractivity contribution < 1.29 is 4.74 Å². The number of aromatic amines is 1. The maximum atomic E-state index is 12.3. The Balaban J connectivity index is 1.80. The van der Waals surface area contributed by atoms with Crippen molar-refractivity contribution in [2.45, 2.75) is 31.7 Å². The predicted octanol–water partition coefficient (Wildman–Crippen LogP) is 4.59. The van der Waals surface area contributed by atoms with Gasteiger partial charge >= 0.3 is 0 Å². The fourth-order valence-corrected chi connectivity index (χ4v) is 4.51. The van der Waals surface area contributed by atoms with Crippen LogP contribution in [0, 0.1) is 0 Å². The number of thiophene rings is 1. The monoisotopic (exact) mass is 366 g/mol. The van der Waals surface area contributed by atoms with E-state index < -0.39 is 0 Å². The van der Waals surface area contributed by atoms with Crippen LogP contribution >= 0.6 is 11.3 Å². The molecule has 0 saturated heterocycles. The average Bonchev–Trinajstić information content (AvgIpc) is 3.12. The zero-order chi connectivity index (χ0) is 18.1. The molecule has 134 valence electrons. The summed E-state index contributed by atoms with van der Waals surface area (Å²) in [6.07, 6.45) is 10.6. The lowest BCUT2D eigenvalue weighted by Crippen LogP contribution is -2.22. The Morgan fingerprint density at radius 2 is 2.27 bits per heavy atom. The number of rotatable bonds is 4. The Bertz CT molecular complexity index is 1070. The van der Waals surface area contributed by atoms with Crippen molar-refractivity contribution in [2.75, 3.05) is 7.11 Å². The summed E-state index contributed by atoms with van der Waals surface area (Å²) in [7, 11) is 1.68. The minimum atomic E-state index is -0.0380. The van der Waals surface area contributed by atoms with Crippen LogP contribution in [-0.4, -0.2) is 18.1 Å². The van der Waals surface area contributed by atoms with Gasteiger partial charge in [-0.05, 0) is 49.3 Å². The van der Waals surface area contributed by atoms with Crippen molar-refractivity contribution in [1.82, 2.24) is 4.98 Å². The topological polar surface area (TPSA) is 68.1 Å². The number of methoxy groups -OCH3 is 1. The van der Waals surface area contributed by atoms with E-state index in [-0.39, 0.29) is 11.6 Å². The Kier molecular flexibility index (Phi) is 4.66. The smallest absolute Gasteiger partial charge is 0.266 e. The SMILES string of the molecule is COc1ccc2[nH]c(=O)c3sccc3c2c1/C=C/CC1=CCCC(N)C1. The van der Waals surface area contributed by atoms with E-state index in [1.54, 1.807) is 7.11 Å². The minimum absolute atomic E-state index is 0.0380. The van der Waals surface area contributed by atoms with Crippen molar-refractivity contribution in [3.8, 4) is 5.75 Å². The molecule has 0 bridgehead atoms. The van der Waals surface area contributed by atoms with Crippen LogP contribution < -0.4 is 16.0 Å². The molecule has 2 heterocycles. The van der Waals surface area contributed by atoms with E-state index in [1.165, 1.54) is 16.9 Å². The van der Waals surface area contributed by atoms with Gasteiger partial charge in [-0.25, -0.2) is 0 Å². The summed E-state index contributed by atoms with van der Waals surface area (Å²) >= 11 is 1.47. The standard InChI is InChI=1S/C21H22N2O2S/c1-25-18-9-8-17-19(16-10-11-26-20(16)21(24)23-17)15(18)7-3-5-13-4-2-6-14(22)12-13/h3-4,7-11,14H,2,5-6,12,22H2,1H3,(H,23,24)/b7-3+. The van der Waals surface area contributed by atoms with E-state index in [2.05, 4.69) is 23.2 Å². The van der Waals surface area contributed by atoms with Gasteiger partial charge in [0.15, 0.2) is 0 Å². The number of hydrogen-bond acceptors (Lipinski definition) is 4. The molecule has 0 radical (unpaired) electrons. The zero-order valence-corrected chi connectivity index (χ0v) is 15.6. The van der Waals surface area contributed by atoms with Crippen LogP contribution in [0.25, 0.3) is 27.1 Å². The lowest BCUT2D eigenvalue weighted by molar-refractivity contribution is 0.414. The summed E-state index contributed by atoms with van der Waals surface area (Å²) < 4.78 is 6.35. The summed E-state index contributed by atoms with van der Waals surface area (Å²) in [5.74, 6) is 0.808. The Morgan fingerprint density at radius 3 is 3.08 bits per heavy atom. The van der Waals surface area contributed by atoms with E-state index in [0.717, 1.165) is 58.0 Å². The highest BCUT2D eigenvalue weighted by atomic mass is 32.1. The van der Waals surface area contributed by atoms with Gasteiger partial charge in [0.05, 0.1) is 7.11 Å². The van der Waals surface area contributed by atoms with Crippen LogP contribution in [0.4, 0.5) is 0 Å². The molecule has 3 aromatic rings. The molecule has 0 fully saturated rings. The molecule has 0 aliphatic heterocycles. The van der Waals surface area contributed by atoms with Gasteiger partial charge in [0.1, 0.15) is 10.4 Å². The molecule has 1 aliphatic rings. The molecule has 5 heteroatoms. The van der Waals surface area contributed by atoms with Crippen LogP contribution in [0.5, 0.6) is 5.75 Å². The van der Waals surface area contributed by atoms with Crippen LogP contribution in [0.15, 0.2) is 46.1 Å². The van der Waals surface area contributed by atoms with Gasteiger partial charge in [-0.15, -0.1) is 11.3 Å². The third-order valence-corrected chi connectivity index (χ3v) is 5.89. The van der Waals surface area contributed by atoms with Gasteiger partial charge in [0.25, 0.3) is 5.56 Å². The van der Waals surface area contributed by atoms with Crippen molar-refractivity contribution in [1.29, 1.82) is 0 Å². The number of benzene rings is 1. The first-order valence-corrected chi connectivity index (χ1v) is 9.75. The Morgan fingerprint density at radius 1 is 1.38 bits per heavy atom. The third kappa shape index (κ3) is 3.08. The first kappa shape index (κ1) is 17.1. The molecule has 3 N–H and O–H groups in total. The van der Waals surface area contributed by atoms with Gasteiger partial charge in [0.2, 0.25) is 0 Å². The number of fused-ring (bicyclic) bond motifs is 3. The highest BCUT2D eigenvalue weighted by molar-refractivity contribution is 7.17. The minimum Gasteiger partial charge on any atom is -0.496 e. The second-order valence-electron chi connectivity index (χ2n) is 6.73. The predicted molar refractivity (Wildman–Crippen MR) is 110 cm³/mol. The first-order valence-electron chi connectivity index (χ1n) is 8.87. The quantitative estimate of drug-likeness (QED) is 0.664. The van der Waals surface area contributed by atoms with E-state index in [9.17, 15) is 4.79 Å². The molecule has 0 amide bonds. The lowest BCUT2D eigenvalue weighted by atomic mass is 9.93. The van der Waals surface area contributed by atoms with Crippen molar-refractivity contribution in [3.05, 3.63) is 57.2 Å². The molecule has 0 saturated carbocycles. The van der Waals surface area contributed by atoms with E-state index in [1.807, 2.05) is 23.6 Å². The van der Waals surface area contributed by atoms with Gasteiger partial charge < -0.3 is 15.5 Å². The Labute approximate surface area is 156 Å². The number of aromatic nitrogens is 1. The third-order valence-electron chi connectivity index (χ3n) is 4.97. The second kappa shape index (κ2) is 7.09. The fraction of sp³-hybridized carbons (Fsp3) is 0.286. The van der Waals surface area contributed by atoms with Gasteiger partial charge in [0, 0.05) is 27.9 Å². The molecule has 2 aromatic heterocycles. The summed E-state index contributed by atoms with van der Waals surface area (Å²) in [5, 5.41) is 3.97. The maximum Gasteiger partial charge on any atom is 0.266 e. The number of nitrogens with two attached hydrogens (primary N) is 1. The summed E-state index contributed by atoms with van der Waals surface area (Å²) in [4.78, 5) is 15.3. The number of H-pyrrole nitrogens is 1. The Hall–Kier alpha value is -2.37. The molecule has 0 spiro atoms. The number of pyridine rings is 1. The van der Waals surface area contributed by atoms with Crippen LogP contribution in [0.2, 0.25) is 0 Å². The van der Waals surface area contributed by atoms with E-state index in [0.29, 0.717) is 0 Å². The normalized spacial score (nSPS) is 17.9. The van der Waals surface area contributed by atoms with Gasteiger partial charge in [-0.2, -0.15) is 0 Å². The summed E-state index contributed by atoms with van der Waals surface area (Å²) in [5.41, 5.74) is 9.27. The molecule has 1 aliphatic carbocycles. The van der Waals surface area contributed by atoms with Gasteiger partial charge in [-0.1, -0.05) is 23.8 Å². The lowest BCUT2D eigenvalue weighted by Gasteiger charge is -2.18. The summed E-state index contributed by atoms with van der Waals surface area (Å²) in [6.45, 7) is 0. The first-order chi connectivity index (χ1) is 12.7. The van der Waals surface area contributed by atoms with Gasteiger partial charge in [-0.3, -0.25) is 4.79 Å². The molecule has 1 unspecified atom stereocenters. The fourth-order valence-electron chi connectivity index (χ4n) is 3.72. The number of ether oxygens (including phenoxy) is 1. The van der Waals surface area contributed by atoms with E-state index >= 15 is 0 Å². The highest BCUT2D eigenvalue weighted by Gasteiger charge is 2.13. The number of allylic oxidation sites excluding steroid dienone is 2. The number of hydrogen-bond donors (Lipinski definition) is 2. The summed E-state index contributed by atoms with van der Waals surface area (Å²) in [6, 6.07) is 6.11. The maximum absolute atomic E-state index is 12.3.